The number of benzene rings is 2. The number of ether oxygens (including phenoxy) is 1. The third kappa shape index (κ3) is 4.12. The number of hydrogen-bond acceptors (Lipinski definition) is 4. The van der Waals surface area contributed by atoms with Gasteiger partial charge >= 0.3 is 0 Å². The summed E-state index contributed by atoms with van der Waals surface area (Å²) >= 11 is 11.9. The van der Waals surface area contributed by atoms with Gasteiger partial charge in [-0.2, -0.15) is 0 Å². The van der Waals surface area contributed by atoms with Crippen molar-refractivity contribution in [2.24, 2.45) is 0 Å². The Morgan fingerprint density at radius 2 is 1.91 bits per heavy atom. The molecule has 23 heavy (non-hydrogen) atoms. The van der Waals surface area contributed by atoms with Crippen molar-refractivity contribution in [3.05, 3.63) is 62.6 Å². The van der Waals surface area contributed by atoms with Crippen LogP contribution in [0.2, 0.25) is 10.0 Å². The number of nitrogens with zero attached hydrogens (tertiary/aromatic N) is 1. The Bertz CT molecular complexity index is 752. The number of nitro benzene ring substituents is 1. The number of hydrogen-bond donors (Lipinski definition) is 1. The van der Waals surface area contributed by atoms with Gasteiger partial charge in [0.05, 0.1) is 9.95 Å². The van der Waals surface area contributed by atoms with Crippen molar-refractivity contribution in [2.75, 3.05) is 5.32 Å². The second kappa shape index (κ2) is 7.30. The highest BCUT2D eigenvalue weighted by molar-refractivity contribution is 6.42. The van der Waals surface area contributed by atoms with Crippen LogP contribution in [-0.2, 0) is 4.79 Å². The SMILES string of the molecule is C[C@@H](Oc1cccc(Cl)c1Cl)C(=O)Nc1ccccc1[N+](=O)[O-]. The molecule has 0 aliphatic rings. The number of para-hydroxylation sites is 2. The fourth-order valence-corrected chi connectivity index (χ4v) is 2.13. The second-order valence-corrected chi connectivity index (χ2v) is 5.36. The molecule has 2 rings (SSSR count). The van der Waals surface area contributed by atoms with Crippen LogP contribution < -0.4 is 10.1 Å². The lowest BCUT2D eigenvalue weighted by molar-refractivity contribution is -0.383. The van der Waals surface area contributed by atoms with Crippen LogP contribution in [0.25, 0.3) is 0 Å². The summed E-state index contributed by atoms with van der Waals surface area (Å²) in [5.74, 6) is -0.292. The van der Waals surface area contributed by atoms with E-state index in [0.717, 1.165) is 0 Å². The van der Waals surface area contributed by atoms with Crippen molar-refractivity contribution in [3.63, 3.8) is 0 Å². The van der Waals surface area contributed by atoms with E-state index in [2.05, 4.69) is 5.32 Å². The molecule has 0 fully saturated rings. The fraction of sp³-hybridized carbons (Fsp3) is 0.133. The van der Waals surface area contributed by atoms with Crippen LogP contribution in [0.4, 0.5) is 11.4 Å². The van der Waals surface area contributed by atoms with E-state index in [1.807, 2.05) is 0 Å². The van der Waals surface area contributed by atoms with E-state index in [0.29, 0.717) is 5.02 Å². The highest BCUT2D eigenvalue weighted by atomic mass is 35.5. The molecule has 0 radical (unpaired) electrons. The predicted molar refractivity (Wildman–Crippen MR) is 88.3 cm³/mol. The van der Waals surface area contributed by atoms with Crippen LogP contribution in [0.3, 0.4) is 0 Å². The average molecular weight is 355 g/mol. The first-order valence-electron chi connectivity index (χ1n) is 6.55. The van der Waals surface area contributed by atoms with Crippen molar-refractivity contribution in [1.82, 2.24) is 0 Å². The molecule has 6 nitrogen and oxygen atoms in total. The molecule has 0 spiro atoms. The van der Waals surface area contributed by atoms with Gasteiger partial charge in [-0.25, -0.2) is 0 Å². The summed E-state index contributed by atoms with van der Waals surface area (Å²) in [5.41, 5.74) is -0.107. The number of nitro groups is 1. The maximum atomic E-state index is 12.2. The molecule has 8 heteroatoms. The normalized spacial score (nSPS) is 11.6. The van der Waals surface area contributed by atoms with Gasteiger partial charge in [0.1, 0.15) is 16.5 Å². The van der Waals surface area contributed by atoms with E-state index in [9.17, 15) is 14.9 Å². The Balaban J connectivity index is 2.12. The molecule has 2 aromatic rings. The Morgan fingerprint density at radius 1 is 1.22 bits per heavy atom. The molecule has 0 saturated heterocycles. The van der Waals surface area contributed by atoms with Gasteiger partial charge in [-0.3, -0.25) is 14.9 Å². The zero-order valence-corrected chi connectivity index (χ0v) is 13.5. The summed E-state index contributed by atoms with van der Waals surface area (Å²) < 4.78 is 5.46. The highest BCUT2D eigenvalue weighted by Crippen LogP contribution is 2.32. The molecule has 0 unspecified atom stereocenters. The van der Waals surface area contributed by atoms with E-state index in [1.165, 1.54) is 25.1 Å². The van der Waals surface area contributed by atoms with Crippen LogP contribution in [0.1, 0.15) is 6.92 Å². The molecule has 120 valence electrons. The van der Waals surface area contributed by atoms with Crippen molar-refractivity contribution in [2.45, 2.75) is 13.0 Å². The van der Waals surface area contributed by atoms with Crippen LogP contribution in [0, 0.1) is 10.1 Å². The number of carbonyl (C=O) groups is 1. The first-order chi connectivity index (χ1) is 10.9. The maximum Gasteiger partial charge on any atom is 0.292 e. The topological polar surface area (TPSA) is 81.5 Å². The molecule has 1 atom stereocenters. The highest BCUT2D eigenvalue weighted by Gasteiger charge is 2.20. The Morgan fingerprint density at radius 3 is 2.61 bits per heavy atom. The number of halogens is 2. The lowest BCUT2D eigenvalue weighted by Crippen LogP contribution is -2.30. The van der Waals surface area contributed by atoms with Crippen molar-refractivity contribution in [3.8, 4) is 5.75 Å². The van der Waals surface area contributed by atoms with E-state index < -0.39 is 16.9 Å². The summed E-state index contributed by atoms with van der Waals surface area (Å²) in [7, 11) is 0. The number of nitrogens with one attached hydrogen (secondary N) is 1. The van der Waals surface area contributed by atoms with Gasteiger partial charge in [-0.1, -0.05) is 41.4 Å². The van der Waals surface area contributed by atoms with Crippen molar-refractivity contribution >= 4 is 40.5 Å². The minimum Gasteiger partial charge on any atom is -0.479 e. The van der Waals surface area contributed by atoms with E-state index in [1.54, 1.807) is 24.3 Å². The van der Waals surface area contributed by atoms with Gasteiger partial charge in [-0.05, 0) is 25.1 Å². The molecule has 0 aliphatic carbocycles. The molecule has 0 heterocycles. The largest absolute Gasteiger partial charge is 0.479 e. The molecule has 0 aliphatic heterocycles. The van der Waals surface area contributed by atoms with Gasteiger partial charge in [0.15, 0.2) is 6.10 Å². The molecular weight excluding hydrogens is 343 g/mol. The summed E-state index contributed by atoms with van der Waals surface area (Å²) in [6, 6.07) is 10.6. The van der Waals surface area contributed by atoms with Crippen LogP contribution in [0.5, 0.6) is 5.75 Å². The smallest absolute Gasteiger partial charge is 0.292 e. The van der Waals surface area contributed by atoms with E-state index in [4.69, 9.17) is 27.9 Å². The van der Waals surface area contributed by atoms with Gasteiger partial charge in [0.25, 0.3) is 11.6 Å². The van der Waals surface area contributed by atoms with Crippen molar-refractivity contribution < 1.29 is 14.5 Å². The van der Waals surface area contributed by atoms with Crippen LogP contribution in [-0.4, -0.2) is 16.9 Å². The molecule has 0 saturated carbocycles. The first kappa shape index (κ1) is 17.1. The quantitative estimate of drug-likeness (QED) is 0.640. The Kier molecular flexibility index (Phi) is 5.41. The van der Waals surface area contributed by atoms with Crippen molar-refractivity contribution in [1.29, 1.82) is 0 Å². The Hall–Kier alpha value is -2.31. The summed E-state index contributed by atoms with van der Waals surface area (Å²) in [4.78, 5) is 22.5. The minimum absolute atomic E-state index is 0.0927. The predicted octanol–water partition coefficient (Wildman–Crippen LogP) is 4.31. The lowest BCUT2D eigenvalue weighted by Gasteiger charge is -2.16. The van der Waals surface area contributed by atoms with Gasteiger partial charge in [0.2, 0.25) is 0 Å². The van der Waals surface area contributed by atoms with Crippen LogP contribution >= 0.6 is 23.2 Å². The standard InChI is InChI=1S/C15H12Cl2N2O4/c1-9(23-13-8-4-5-10(16)14(13)17)15(20)18-11-6-2-3-7-12(11)19(21)22/h2-9H,1H3,(H,18,20)/t9-/m1/s1. The molecular formula is C15H12Cl2N2O4. The van der Waals surface area contributed by atoms with Gasteiger partial charge < -0.3 is 10.1 Å². The molecule has 1 N–H and O–H groups in total. The Labute approximate surface area is 142 Å². The monoisotopic (exact) mass is 354 g/mol. The van der Waals surface area contributed by atoms with Crippen LogP contribution in [0.15, 0.2) is 42.5 Å². The number of carbonyl (C=O) groups excluding carboxylic acids is 1. The molecule has 2 aromatic carbocycles. The maximum absolute atomic E-state index is 12.2. The third-order valence-electron chi connectivity index (χ3n) is 2.95. The minimum atomic E-state index is -0.925. The summed E-state index contributed by atoms with van der Waals surface area (Å²) in [6.45, 7) is 1.50. The van der Waals surface area contributed by atoms with Gasteiger partial charge in [-0.15, -0.1) is 0 Å². The van der Waals surface area contributed by atoms with E-state index >= 15 is 0 Å². The number of rotatable bonds is 5. The van der Waals surface area contributed by atoms with Gasteiger partial charge in [0, 0.05) is 6.07 Å². The average Bonchev–Trinajstić information content (AvgIpc) is 2.52. The second-order valence-electron chi connectivity index (χ2n) is 4.58. The van der Waals surface area contributed by atoms with E-state index in [-0.39, 0.29) is 22.1 Å². The lowest BCUT2D eigenvalue weighted by atomic mass is 10.2. The molecule has 1 amide bonds. The summed E-state index contributed by atoms with van der Waals surface area (Å²) in [5, 5.41) is 13.9. The third-order valence-corrected chi connectivity index (χ3v) is 3.75. The molecule has 0 aromatic heterocycles. The fourth-order valence-electron chi connectivity index (χ4n) is 1.79. The summed E-state index contributed by atoms with van der Waals surface area (Å²) in [6.07, 6.45) is -0.925. The zero-order chi connectivity index (χ0) is 17.0. The zero-order valence-electron chi connectivity index (χ0n) is 12.0. The molecule has 0 bridgehead atoms. The number of anilines is 1. The number of amides is 1. The first-order valence-corrected chi connectivity index (χ1v) is 7.30.